The molecule has 17 heavy (non-hydrogen) atoms. The highest BCUT2D eigenvalue weighted by molar-refractivity contribution is 6.17. The largest absolute Gasteiger partial charge is 0.327 e. The van der Waals surface area contributed by atoms with E-state index in [0.717, 1.165) is 24.3 Å². The summed E-state index contributed by atoms with van der Waals surface area (Å²) in [7, 11) is 0. The van der Waals surface area contributed by atoms with Crippen LogP contribution in [0.2, 0.25) is 0 Å². The van der Waals surface area contributed by atoms with Crippen LogP contribution in [0.15, 0.2) is 18.2 Å². The van der Waals surface area contributed by atoms with Gasteiger partial charge in [-0.2, -0.15) is 0 Å². The third-order valence-electron chi connectivity index (χ3n) is 2.91. The fraction of sp³-hybridized carbons (Fsp3) is 0.500. The van der Waals surface area contributed by atoms with Crippen molar-refractivity contribution in [3.05, 3.63) is 29.6 Å². The SMILES string of the molecule is Cc1cccc2nc(CCCl)n(CC(C)C)c12. The van der Waals surface area contributed by atoms with Gasteiger partial charge in [0.15, 0.2) is 0 Å². The van der Waals surface area contributed by atoms with Crippen molar-refractivity contribution >= 4 is 22.6 Å². The number of alkyl halides is 1. The van der Waals surface area contributed by atoms with Crippen molar-refractivity contribution in [2.75, 3.05) is 5.88 Å². The molecule has 2 rings (SSSR count). The Labute approximate surface area is 108 Å². The minimum absolute atomic E-state index is 0.612. The summed E-state index contributed by atoms with van der Waals surface area (Å²) >= 11 is 5.86. The number of hydrogen-bond acceptors (Lipinski definition) is 1. The monoisotopic (exact) mass is 250 g/mol. The van der Waals surface area contributed by atoms with E-state index in [2.05, 4.69) is 43.5 Å². The van der Waals surface area contributed by atoms with Gasteiger partial charge >= 0.3 is 0 Å². The van der Waals surface area contributed by atoms with E-state index in [-0.39, 0.29) is 0 Å². The van der Waals surface area contributed by atoms with Crippen molar-refractivity contribution < 1.29 is 0 Å². The number of nitrogens with zero attached hydrogens (tertiary/aromatic N) is 2. The summed E-state index contributed by atoms with van der Waals surface area (Å²) in [5.41, 5.74) is 3.64. The second-order valence-electron chi connectivity index (χ2n) is 4.91. The van der Waals surface area contributed by atoms with Gasteiger partial charge in [-0.15, -0.1) is 11.6 Å². The maximum Gasteiger partial charge on any atom is 0.111 e. The maximum atomic E-state index is 5.86. The predicted molar refractivity (Wildman–Crippen MR) is 73.7 cm³/mol. The van der Waals surface area contributed by atoms with Gasteiger partial charge in [-0.05, 0) is 24.5 Å². The Morgan fingerprint density at radius 2 is 2.12 bits per heavy atom. The molecule has 3 heteroatoms. The summed E-state index contributed by atoms with van der Waals surface area (Å²) < 4.78 is 2.33. The lowest BCUT2D eigenvalue weighted by atomic mass is 10.2. The van der Waals surface area contributed by atoms with Gasteiger partial charge in [0, 0.05) is 18.8 Å². The predicted octanol–water partition coefficient (Wildman–Crippen LogP) is 3.78. The van der Waals surface area contributed by atoms with Crippen molar-refractivity contribution in [3.63, 3.8) is 0 Å². The molecule has 1 aromatic carbocycles. The average molecular weight is 251 g/mol. The van der Waals surface area contributed by atoms with Gasteiger partial charge in [0.1, 0.15) is 5.82 Å². The molecule has 0 saturated carbocycles. The summed E-state index contributed by atoms with van der Waals surface area (Å²) in [6.07, 6.45) is 0.836. The van der Waals surface area contributed by atoms with E-state index in [9.17, 15) is 0 Å². The first kappa shape index (κ1) is 12.4. The van der Waals surface area contributed by atoms with Gasteiger partial charge in [0.2, 0.25) is 0 Å². The van der Waals surface area contributed by atoms with Crippen molar-refractivity contribution in [1.29, 1.82) is 0 Å². The normalized spacial score (nSPS) is 11.6. The van der Waals surface area contributed by atoms with Gasteiger partial charge in [0.05, 0.1) is 11.0 Å². The van der Waals surface area contributed by atoms with Crippen LogP contribution in [0.5, 0.6) is 0 Å². The average Bonchev–Trinajstić information content (AvgIpc) is 2.58. The molecule has 92 valence electrons. The number of hydrogen-bond donors (Lipinski definition) is 0. The van der Waals surface area contributed by atoms with Crippen LogP contribution >= 0.6 is 11.6 Å². The Kier molecular flexibility index (Phi) is 3.72. The lowest BCUT2D eigenvalue weighted by Crippen LogP contribution is -2.09. The molecule has 2 aromatic rings. The Bertz CT molecular complexity index is 514. The first-order chi connectivity index (χ1) is 8.13. The summed E-state index contributed by atoms with van der Waals surface area (Å²) in [6, 6.07) is 6.29. The molecule has 0 atom stereocenters. The molecule has 0 radical (unpaired) electrons. The third kappa shape index (κ3) is 2.47. The molecule has 0 fully saturated rings. The van der Waals surface area contributed by atoms with Gasteiger partial charge < -0.3 is 4.57 Å². The molecule has 0 aliphatic carbocycles. The van der Waals surface area contributed by atoms with Crippen LogP contribution in [-0.2, 0) is 13.0 Å². The molecule has 0 aliphatic heterocycles. The molecule has 1 heterocycles. The van der Waals surface area contributed by atoms with Crippen LogP contribution in [0.4, 0.5) is 0 Å². The van der Waals surface area contributed by atoms with E-state index in [1.807, 2.05) is 0 Å². The van der Waals surface area contributed by atoms with Crippen LogP contribution in [-0.4, -0.2) is 15.4 Å². The van der Waals surface area contributed by atoms with E-state index < -0.39 is 0 Å². The number of fused-ring (bicyclic) bond motifs is 1. The molecule has 2 nitrogen and oxygen atoms in total. The highest BCUT2D eigenvalue weighted by Gasteiger charge is 2.12. The van der Waals surface area contributed by atoms with Gasteiger partial charge in [-0.3, -0.25) is 0 Å². The van der Waals surface area contributed by atoms with Crippen molar-refractivity contribution in [1.82, 2.24) is 9.55 Å². The lowest BCUT2D eigenvalue weighted by molar-refractivity contribution is 0.518. The van der Waals surface area contributed by atoms with E-state index in [0.29, 0.717) is 11.8 Å². The van der Waals surface area contributed by atoms with Crippen molar-refractivity contribution in [3.8, 4) is 0 Å². The van der Waals surface area contributed by atoms with E-state index in [1.54, 1.807) is 0 Å². The van der Waals surface area contributed by atoms with Gasteiger partial charge in [0.25, 0.3) is 0 Å². The second-order valence-corrected chi connectivity index (χ2v) is 5.29. The number of para-hydroxylation sites is 1. The van der Waals surface area contributed by atoms with E-state index in [1.165, 1.54) is 11.1 Å². The smallest absolute Gasteiger partial charge is 0.111 e. The van der Waals surface area contributed by atoms with Crippen LogP contribution in [0.25, 0.3) is 11.0 Å². The second kappa shape index (κ2) is 5.09. The molecule has 0 aliphatic rings. The van der Waals surface area contributed by atoms with Gasteiger partial charge in [-0.1, -0.05) is 26.0 Å². The van der Waals surface area contributed by atoms with Crippen LogP contribution in [0.1, 0.15) is 25.2 Å². The number of benzene rings is 1. The topological polar surface area (TPSA) is 17.8 Å². The quantitative estimate of drug-likeness (QED) is 0.755. The Morgan fingerprint density at radius 3 is 2.76 bits per heavy atom. The minimum Gasteiger partial charge on any atom is -0.327 e. The minimum atomic E-state index is 0.612. The Hall–Kier alpha value is -1.02. The Morgan fingerprint density at radius 1 is 1.35 bits per heavy atom. The first-order valence-corrected chi connectivity index (χ1v) is 6.67. The standard InChI is InChI=1S/C14H19ClN2/c1-10(2)9-17-13(7-8-15)16-12-6-4-5-11(3)14(12)17/h4-6,10H,7-9H2,1-3H3. The number of aromatic nitrogens is 2. The number of halogens is 1. The zero-order chi connectivity index (χ0) is 12.4. The third-order valence-corrected chi connectivity index (χ3v) is 3.10. The fourth-order valence-corrected chi connectivity index (χ4v) is 2.42. The number of aryl methyl sites for hydroxylation is 2. The molecular weight excluding hydrogens is 232 g/mol. The Balaban J connectivity index is 2.60. The molecule has 0 N–H and O–H groups in total. The molecule has 0 saturated heterocycles. The van der Waals surface area contributed by atoms with Crippen LogP contribution in [0, 0.1) is 12.8 Å². The fourth-order valence-electron chi connectivity index (χ4n) is 2.25. The lowest BCUT2D eigenvalue weighted by Gasteiger charge is -2.12. The summed E-state index contributed by atoms with van der Waals surface area (Å²) in [4.78, 5) is 4.69. The van der Waals surface area contributed by atoms with Crippen molar-refractivity contribution in [2.24, 2.45) is 5.92 Å². The highest BCUT2D eigenvalue weighted by atomic mass is 35.5. The number of imidazole rings is 1. The zero-order valence-corrected chi connectivity index (χ0v) is 11.5. The summed E-state index contributed by atoms with van der Waals surface area (Å²) in [5, 5.41) is 0. The maximum absolute atomic E-state index is 5.86. The van der Waals surface area contributed by atoms with Gasteiger partial charge in [-0.25, -0.2) is 4.98 Å². The molecule has 0 bridgehead atoms. The molecule has 0 spiro atoms. The first-order valence-electron chi connectivity index (χ1n) is 6.14. The summed E-state index contributed by atoms with van der Waals surface area (Å²) in [6.45, 7) is 7.61. The molecule has 0 unspecified atom stereocenters. The summed E-state index contributed by atoms with van der Waals surface area (Å²) in [5.74, 6) is 2.35. The zero-order valence-electron chi connectivity index (χ0n) is 10.7. The number of rotatable bonds is 4. The van der Waals surface area contributed by atoms with E-state index >= 15 is 0 Å². The molecular formula is C14H19ClN2. The molecule has 0 amide bonds. The van der Waals surface area contributed by atoms with Crippen molar-refractivity contribution in [2.45, 2.75) is 33.7 Å². The van der Waals surface area contributed by atoms with Crippen LogP contribution in [0.3, 0.4) is 0 Å². The molecule has 1 aromatic heterocycles. The van der Waals surface area contributed by atoms with Crippen LogP contribution < -0.4 is 0 Å². The highest BCUT2D eigenvalue weighted by Crippen LogP contribution is 2.21. The van der Waals surface area contributed by atoms with E-state index in [4.69, 9.17) is 16.6 Å².